The van der Waals surface area contributed by atoms with Gasteiger partial charge in [-0.1, -0.05) is 0 Å². The number of hydrogen-bond donors (Lipinski definition) is 3. The average Bonchev–Trinajstić information content (AvgIpc) is 2.76. The SMILES string of the molecule is CC1OCCC1(O)CNC(=O)c1ccnc(CN)c1. The summed E-state index contributed by atoms with van der Waals surface area (Å²) in [6.07, 6.45) is 1.80. The summed E-state index contributed by atoms with van der Waals surface area (Å²) in [6, 6.07) is 3.26. The molecule has 2 unspecified atom stereocenters. The number of carbonyl (C=O) groups is 1. The van der Waals surface area contributed by atoms with E-state index in [2.05, 4.69) is 10.3 Å². The van der Waals surface area contributed by atoms with Gasteiger partial charge in [-0.2, -0.15) is 0 Å². The zero-order chi connectivity index (χ0) is 13.9. The molecule has 0 spiro atoms. The molecule has 0 aliphatic carbocycles. The Morgan fingerprint density at radius 1 is 1.74 bits per heavy atom. The fraction of sp³-hybridized carbons (Fsp3) is 0.538. The Balaban J connectivity index is 1.97. The third kappa shape index (κ3) is 3.09. The van der Waals surface area contributed by atoms with Crippen LogP contribution in [0.1, 0.15) is 29.4 Å². The highest BCUT2D eigenvalue weighted by atomic mass is 16.5. The molecule has 0 bridgehead atoms. The van der Waals surface area contributed by atoms with Crippen LogP contribution in [0.3, 0.4) is 0 Å². The second kappa shape index (κ2) is 5.64. The predicted molar refractivity (Wildman–Crippen MR) is 69.4 cm³/mol. The molecule has 1 saturated heterocycles. The Kier molecular flexibility index (Phi) is 4.14. The van der Waals surface area contributed by atoms with Crippen molar-refractivity contribution in [2.24, 2.45) is 5.73 Å². The molecule has 2 atom stereocenters. The maximum atomic E-state index is 12.0. The number of pyridine rings is 1. The topological polar surface area (TPSA) is 97.5 Å². The van der Waals surface area contributed by atoms with E-state index in [0.29, 0.717) is 24.3 Å². The maximum absolute atomic E-state index is 12.0. The smallest absolute Gasteiger partial charge is 0.251 e. The van der Waals surface area contributed by atoms with Crippen LogP contribution in [0.5, 0.6) is 0 Å². The third-order valence-corrected chi connectivity index (χ3v) is 3.50. The van der Waals surface area contributed by atoms with E-state index in [1.54, 1.807) is 25.3 Å². The second-order valence-electron chi connectivity index (χ2n) is 4.79. The van der Waals surface area contributed by atoms with E-state index in [-0.39, 0.29) is 25.1 Å². The third-order valence-electron chi connectivity index (χ3n) is 3.50. The van der Waals surface area contributed by atoms with Crippen molar-refractivity contribution in [1.29, 1.82) is 0 Å². The Labute approximate surface area is 112 Å². The fourth-order valence-corrected chi connectivity index (χ4v) is 2.07. The van der Waals surface area contributed by atoms with Gasteiger partial charge in [-0.05, 0) is 19.1 Å². The minimum absolute atomic E-state index is 0.174. The Hall–Kier alpha value is -1.50. The Morgan fingerprint density at radius 3 is 3.16 bits per heavy atom. The van der Waals surface area contributed by atoms with Gasteiger partial charge in [0, 0.05) is 37.9 Å². The van der Waals surface area contributed by atoms with Gasteiger partial charge in [0.05, 0.1) is 11.8 Å². The second-order valence-corrected chi connectivity index (χ2v) is 4.79. The lowest BCUT2D eigenvalue weighted by atomic mass is 9.96. The van der Waals surface area contributed by atoms with Crippen LogP contribution in [0.4, 0.5) is 0 Å². The first-order valence-electron chi connectivity index (χ1n) is 6.32. The van der Waals surface area contributed by atoms with Crippen LogP contribution in [-0.4, -0.2) is 40.9 Å². The molecule has 1 aliphatic heterocycles. The first-order chi connectivity index (χ1) is 9.05. The summed E-state index contributed by atoms with van der Waals surface area (Å²) in [5, 5.41) is 13.0. The lowest BCUT2D eigenvalue weighted by Gasteiger charge is -2.26. The molecular formula is C13H19N3O3. The molecule has 6 nitrogen and oxygen atoms in total. The van der Waals surface area contributed by atoms with E-state index < -0.39 is 5.60 Å². The molecule has 1 aromatic heterocycles. The number of rotatable bonds is 4. The van der Waals surface area contributed by atoms with Gasteiger partial charge in [-0.25, -0.2) is 0 Å². The number of amides is 1. The number of ether oxygens (including phenoxy) is 1. The Morgan fingerprint density at radius 2 is 2.53 bits per heavy atom. The molecule has 19 heavy (non-hydrogen) atoms. The fourth-order valence-electron chi connectivity index (χ4n) is 2.07. The molecule has 0 saturated carbocycles. The molecule has 1 aliphatic rings. The van der Waals surface area contributed by atoms with E-state index in [1.807, 2.05) is 0 Å². The van der Waals surface area contributed by atoms with Crippen LogP contribution in [-0.2, 0) is 11.3 Å². The normalized spacial score (nSPS) is 26.4. The highest BCUT2D eigenvalue weighted by Crippen LogP contribution is 2.24. The molecular weight excluding hydrogens is 246 g/mol. The minimum Gasteiger partial charge on any atom is -0.385 e. The van der Waals surface area contributed by atoms with Crippen molar-refractivity contribution in [3.05, 3.63) is 29.6 Å². The quantitative estimate of drug-likeness (QED) is 0.701. The first kappa shape index (κ1) is 13.9. The van der Waals surface area contributed by atoms with Gasteiger partial charge < -0.3 is 20.9 Å². The molecule has 1 fully saturated rings. The van der Waals surface area contributed by atoms with E-state index in [0.717, 1.165) is 0 Å². The summed E-state index contributed by atoms with van der Waals surface area (Å²) in [6.45, 7) is 2.78. The molecule has 0 aromatic carbocycles. The van der Waals surface area contributed by atoms with Crippen LogP contribution < -0.4 is 11.1 Å². The number of aromatic nitrogens is 1. The van der Waals surface area contributed by atoms with Crippen LogP contribution >= 0.6 is 0 Å². The van der Waals surface area contributed by atoms with Gasteiger partial charge in [-0.15, -0.1) is 0 Å². The van der Waals surface area contributed by atoms with Crippen LogP contribution in [0.25, 0.3) is 0 Å². The first-order valence-corrected chi connectivity index (χ1v) is 6.32. The molecule has 4 N–H and O–H groups in total. The summed E-state index contributed by atoms with van der Waals surface area (Å²) < 4.78 is 5.32. The zero-order valence-corrected chi connectivity index (χ0v) is 10.9. The van der Waals surface area contributed by atoms with Crippen molar-refractivity contribution in [1.82, 2.24) is 10.3 Å². The Bertz CT molecular complexity index is 466. The van der Waals surface area contributed by atoms with Crippen molar-refractivity contribution >= 4 is 5.91 Å². The van der Waals surface area contributed by atoms with Crippen molar-refractivity contribution < 1.29 is 14.6 Å². The number of aliphatic hydroxyl groups is 1. The predicted octanol–water partition coefficient (Wildman–Crippen LogP) is -0.190. The van der Waals surface area contributed by atoms with Crippen LogP contribution in [0, 0.1) is 0 Å². The summed E-state index contributed by atoms with van der Waals surface area (Å²) in [7, 11) is 0. The minimum atomic E-state index is -0.987. The van der Waals surface area contributed by atoms with Gasteiger partial charge >= 0.3 is 0 Å². The van der Waals surface area contributed by atoms with E-state index in [1.165, 1.54) is 0 Å². The maximum Gasteiger partial charge on any atom is 0.251 e. The van der Waals surface area contributed by atoms with Crippen molar-refractivity contribution in [2.45, 2.75) is 31.6 Å². The number of nitrogens with two attached hydrogens (primary N) is 1. The molecule has 1 amide bonds. The average molecular weight is 265 g/mol. The largest absolute Gasteiger partial charge is 0.385 e. The highest BCUT2D eigenvalue weighted by Gasteiger charge is 2.39. The molecule has 2 rings (SSSR count). The van der Waals surface area contributed by atoms with Gasteiger partial charge in [0.25, 0.3) is 5.91 Å². The van der Waals surface area contributed by atoms with E-state index >= 15 is 0 Å². The van der Waals surface area contributed by atoms with Gasteiger partial charge in [0.15, 0.2) is 0 Å². The molecule has 2 heterocycles. The van der Waals surface area contributed by atoms with Crippen LogP contribution in [0.15, 0.2) is 18.3 Å². The summed E-state index contributed by atoms with van der Waals surface area (Å²) in [5.74, 6) is -0.246. The lowest BCUT2D eigenvalue weighted by Crippen LogP contribution is -2.47. The number of carbonyl (C=O) groups excluding carboxylic acids is 1. The summed E-state index contributed by atoms with van der Waals surface area (Å²) in [5.41, 5.74) is 5.64. The summed E-state index contributed by atoms with van der Waals surface area (Å²) in [4.78, 5) is 16.0. The van der Waals surface area contributed by atoms with Crippen molar-refractivity contribution in [3.63, 3.8) is 0 Å². The van der Waals surface area contributed by atoms with Gasteiger partial charge in [0.1, 0.15) is 5.60 Å². The molecule has 1 aromatic rings. The van der Waals surface area contributed by atoms with Gasteiger partial charge in [0.2, 0.25) is 0 Å². The molecule has 6 heteroatoms. The molecule has 104 valence electrons. The highest BCUT2D eigenvalue weighted by molar-refractivity contribution is 5.94. The van der Waals surface area contributed by atoms with Crippen molar-refractivity contribution in [2.75, 3.05) is 13.2 Å². The van der Waals surface area contributed by atoms with E-state index in [4.69, 9.17) is 10.5 Å². The van der Waals surface area contributed by atoms with E-state index in [9.17, 15) is 9.90 Å². The van der Waals surface area contributed by atoms with Crippen molar-refractivity contribution in [3.8, 4) is 0 Å². The number of hydrogen-bond acceptors (Lipinski definition) is 5. The zero-order valence-electron chi connectivity index (χ0n) is 10.9. The van der Waals surface area contributed by atoms with Gasteiger partial charge in [-0.3, -0.25) is 9.78 Å². The molecule has 0 radical (unpaired) electrons. The monoisotopic (exact) mass is 265 g/mol. The number of nitrogens with zero attached hydrogens (tertiary/aromatic N) is 1. The number of nitrogens with one attached hydrogen (secondary N) is 1. The lowest BCUT2D eigenvalue weighted by molar-refractivity contribution is -0.0251. The standard InChI is InChI=1S/C13H19N3O3/c1-9-13(18,3-5-19-9)8-16-12(17)10-2-4-15-11(6-10)7-14/h2,4,6,9,18H,3,5,7-8,14H2,1H3,(H,16,17). The summed E-state index contributed by atoms with van der Waals surface area (Å²) >= 11 is 0. The van der Waals surface area contributed by atoms with Crippen LogP contribution in [0.2, 0.25) is 0 Å².